The van der Waals surface area contributed by atoms with Crippen molar-refractivity contribution in [3.8, 4) is 0 Å². The van der Waals surface area contributed by atoms with Crippen molar-refractivity contribution in [1.82, 2.24) is 10.2 Å². The second-order valence-electron chi connectivity index (χ2n) is 5.31. The molecule has 1 aliphatic heterocycles. The molecule has 1 atom stereocenters. The lowest BCUT2D eigenvalue weighted by atomic mass is 10.1. The Labute approximate surface area is 125 Å². The highest BCUT2D eigenvalue weighted by Gasteiger charge is 2.18. The van der Waals surface area contributed by atoms with Gasteiger partial charge in [0, 0.05) is 16.8 Å². The Hall–Kier alpha value is -1.10. The van der Waals surface area contributed by atoms with Gasteiger partial charge >= 0.3 is 0 Å². The van der Waals surface area contributed by atoms with Crippen LogP contribution in [0.1, 0.15) is 19.3 Å². The summed E-state index contributed by atoms with van der Waals surface area (Å²) in [7, 11) is 2.02. The van der Waals surface area contributed by atoms with E-state index in [-0.39, 0.29) is 5.91 Å². The first-order chi connectivity index (χ1) is 9.65. The average molecular weight is 296 g/mol. The number of nitrogens with zero attached hydrogens (tertiary/aromatic N) is 1. The van der Waals surface area contributed by atoms with Gasteiger partial charge in [-0.05, 0) is 57.6 Å². The summed E-state index contributed by atoms with van der Waals surface area (Å²) in [5.41, 5.74) is 0.749. The molecule has 1 heterocycles. The number of hydrogen-bond acceptors (Lipinski definition) is 3. The third kappa shape index (κ3) is 4.78. The standard InChI is InChI=1S/C15H22ClN3O/c1-19(14-6-3-8-17-9-7-14)11-15(20)18-13-5-2-4-12(16)10-13/h2,4-5,10,14,17H,3,6-9,11H2,1H3,(H,18,20). The van der Waals surface area contributed by atoms with Crippen LogP contribution in [0.25, 0.3) is 0 Å². The number of likely N-dealkylation sites (N-methyl/N-ethyl adjacent to an activating group) is 1. The van der Waals surface area contributed by atoms with E-state index in [1.807, 2.05) is 19.2 Å². The molecule has 0 saturated carbocycles. The van der Waals surface area contributed by atoms with Crippen LogP contribution in [-0.4, -0.2) is 43.5 Å². The van der Waals surface area contributed by atoms with Gasteiger partial charge in [-0.2, -0.15) is 0 Å². The first-order valence-corrected chi connectivity index (χ1v) is 7.49. The molecule has 1 saturated heterocycles. The number of halogens is 1. The third-order valence-electron chi connectivity index (χ3n) is 3.67. The summed E-state index contributed by atoms with van der Waals surface area (Å²) in [6, 6.07) is 7.71. The molecule has 2 rings (SSSR count). The van der Waals surface area contributed by atoms with E-state index < -0.39 is 0 Å². The number of carbonyl (C=O) groups excluding carboxylic acids is 1. The summed E-state index contributed by atoms with van der Waals surface area (Å²) in [5, 5.41) is 6.91. The molecule has 1 aliphatic rings. The van der Waals surface area contributed by atoms with Crippen LogP contribution in [-0.2, 0) is 4.79 Å². The highest BCUT2D eigenvalue weighted by Crippen LogP contribution is 2.15. The maximum atomic E-state index is 12.1. The monoisotopic (exact) mass is 295 g/mol. The lowest BCUT2D eigenvalue weighted by Crippen LogP contribution is -2.38. The zero-order valence-electron chi connectivity index (χ0n) is 11.9. The van der Waals surface area contributed by atoms with Crippen LogP contribution in [0.15, 0.2) is 24.3 Å². The molecular formula is C15H22ClN3O. The molecule has 5 heteroatoms. The fraction of sp³-hybridized carbons (Fsp3) is 0.533. The minimum atomic E-state index is 0.00646. The van der Waals surface area contributed by atoms with Gasteiger partial charge in [0.25, 0.3) is 0 Å². The van der Waals surface area contributed by atoms with Crippen molar-refractivity contribution in [2.75, 3.05) is 32.0 Å². The normalized spacial score (nSPS) is 19.6. The van der Waals surface area contributed by atoms with E-state index in [1.165, 1.54) is 6.42 Å². The van der Waals surface area contributed by atoms with Crippen molar-refractivity contribution >= 4 is 23.2 Å². The van der Waals surface area contributed by atoms with E-state index in [4.69, 9.17) is 11.6 Å². The number of nitrogens with one attached hydrogen (secondary N) is 2. The second kappa shape index (κ2) is 7.62. The molecular weight excluding hydrogens is 274 g/mol. The fourth-order valence-corrected chi connectivity index (χ4v) is 2.75. The maximum Gasteiger partial charge on any atom is 0.238 e. The van der Waals surface area contributed by atoms with Crippen LogP contribution >= 0.6 is 11.6 Å². The number of rotatable bonds is 4. The SMILES string of the molecule is CN(CC(=O)Nc1cccc(Cl)c1)C1CCCNCC1. The van der Waals surface area contributed by atoms with Crippen LogP contribution in [0.3, 0.4) is 0 Å². The Kier molecular flexibility index (Phi) is 5.83. The largest absolute Gasteiger partial charge is 0.325 e. The van der Waals surface area contributed by atoms with E-state index >= 15 is 0 Å². The number of amides is 1. The van der Waals surface area contributed by atoms with Crippen LogP contribution in [0.5, 0.6) is 0 Å². The molecule has 110 valence electrons. The highest BCUT2D eigenvalue weighted by atomic mass is 35.5. The summed E-state index contributed by atoms with van der Waals surface area (Å²) in [4.78, 5) is 14.2. The molecule has 1 fully saturated rings. The Bertz CT molecular complexity index is 444. The number of anilines is 1. The van der Waals surface area contributed by atoms with Gasteiger partial charge in [0.15, 0.2) is 0 Å². The first kappa shape index (κ1) is 15.3. The van der Waals surface area contributed by atoms with Gasteiger partial charge in [0.2, 0.25) is 5.91 Å². The molecule has 0 aromatic heterocycles. The zero-order valence-corrected chi connectivity index (χ0v) is 12.6. The van der Waals surface area contributed by atoms with Crippen molar-refractivity contribution in [1.29, 1.82) is 0 Å². The number of carbonyl (C=O) groups is 1. The van der Waals surface area contributed by atoms with Crippen molar-refractivity contribution in [2.24, 2.45) is 0 Å². The van der Waals surface area contributed by atoms with Crippen LogP contribution in [0, 0.1) is 0 Å². The minimum absolute atomic E-state index is 0.00646. The van der Waals surface area contributed by atoms with E-state index in [1.54, 1.807) is 12.1 Å². The summed E-state index contributed by atoms with van der Waals surface area (Å²) >= 11 is 5.91. The third-order valence-corrected chi connectivity index (χ3v) is 3.91. The molecule has 20 heavy (non-hydrogen) atoms. The lowest BCUT2D eigenvalue weighted by molar-refractivity contribution is -0.117. The molecule has 1 amide bonds. The Morgan fingerprint density at radius 1 is 1.45 bits per heavy atom. The van der Waals surface area contributed by atoms with Crippen LogP contribution < -0.4 is 10.6 Å². The van der Waals surface area contributed by atoms with Gasteiger partial charge in [-0.15, -0.1) is 0 Å². The fourth-order valence-electron chi connectivity index (χ4n) is 2.56. The molecule has 0 aliphatic carbocycles. The molecule has 0 bridgehead atoms. The van der Waals surface area contributed by atoms with Crippen molar-refractivity contribution in [3.05, 3.63) is 29.3 Å². The first-order valence-electron chi connectivity index (χ1n) is 7.11. The lowest BCUT2D eigenvalue weighted by Gasteiger charge is -2.26. The molecule has 1 aromatic rings. The maximum absolute atomic E-state index is 12.1. The van der Waals surface area contributed by atoms with E-state index in [0.29, 0.717) is 17.6 Å². The van der Waals surface area contributed by atoms with Crippen molar-refractivity contribution < 1.29 is 4.79 Å². The van der Waals surface area contributed by atoms with Gasteiger partial charge in [0.1, 0.15) is 0 Å². The van der Waals surface area contributed by atoms with Crippen LogP contribution in [0.4, 0.5) is 5.69 Å². The summed E-state index contributed by atoms with van der Waals surface area (Å²) in [5.74, 6) is 0.00646. The molecule has 0 radical (unpaired) electrons. The van der Waals surface area contributed by atoms with E-state index in [0.717, 1.165) is 31.6 Å². The van der Waals surface area contributed by atoms with Gasteiger partial charge in [-0.25, -0.2) is 0 Å². The smallest absolute Gasteiger partial charge is 0.238 e. The molecule has 4 nitrogen and oxygen atoms in total. The number of benzene rings is 1. The predicted molar refractivity (Wildman–Crippen MR) is 83.2 cm³/mol. The van der Waals surface area contributed by atoms with Crippen molar-refractivity contribution in [3.63, 3.8) is 0 Å². The van der Waals surface area contributed by atoms with Crippen LogP contribution in [0.2, 0.25) is 5.02 Å². The molecule has 2 N–H and O–H groups in total. The van der Waals surface area contributed by atoms with Gasteiger partial charge in [-0.1, -0.05) is 17.7 Å². The van der Waals surface area contributed by atoms with E-state index in [2.05, 4.69) is 15.5 Å². The van der Waals surface area contributed by atoms with Gasteiger partial charge < -0.3 is 10.6 Å². The summed E-state index contributed by atoms with van der Waals surface area (Å²) in [6.07, 6.45) is 3.42. The predicted octanol–water partition coefficient (Wildman–Crippen LogP) is 2.35. The minimum Gasteiger partial charge on any atom is -0.325 e. The second-order valence-corrected chi connectivity index (χ2v) is 5.74. The Morgan fingerprint density at radius 3 is 3.10 bits per heavy atom. The molecule has 1 aromatic carbocycles. The summed E-state index contributed by atoms with van der Waals surface area (Å²) < 4.78 is 0. The summed E-state index contributed by atoms with van der Waals surface area (Å²) in [6.45, 7) is 2.53. The Balaban J connectivity index is 1.84. The van der Waals surface area contributed by atoms with Gasteiger partial charge in [-0.3, -0.25) is 9.69 Å². The molecule has 0 spiro atoms. The average Bonchev–Trinajstić information content (AvgIpc) is 2.67. The number of hydrogen-bond donors (Lipinski definition) is 2. The van der Waals surface area contributed by atoms with Crippen molar-refractivity contribution in [2.45, 2.75) is 25.3 Å². The zero-order chi connectivity index (χ0) is 14.4. The molecule has 1 unspecified atom stereocenters. The van der Waals surface area contributed by atoms with Gasteiger partial charge in [0.05, 0.1) is 6.54 Å². The Morgan fingerprint density at radius 2 is 2.30 bits per heavy atom. The highest BCUT2D eigenvalue weighted by molar-refractivity contribution is 6.30. The topological polar surface area (TPSA) is 44.4 Å². The van der Waals surface area contributed by atoms with E-state index in [9.17, 15) is 4.79 Å². The quantitative estimate of drug-likeness (QED) is 0.896.